The quantitative estimate of drug-likeness (QED) is 0.631. The molecule has 1 aromatic carbocycles. The average molecular weight is 323 g/mol. The van der Waals surface area contributed by atoms with Crippen LogP contribution in [0, 0.1) is 19.7 Å². The maximum Gasteiger partial charge on any atom is 0.225 e. The molecule has 3 rings (SSSR count). The van der Waals surface area contributed by atoms with Gasteiger partial charge >= 0.3 is 0 Å². The van der Waals surface area contributed by atoms with Gasteiger partial charge in [0.05, 0.1) is 11.4 Å². The predicted octanol–water partition coefficient (Wildman–Crippen LogP) is 4.15. The van der Waals surface area contributed by atoms with E-state index >= 15 is 0 Å². The Morgan fingerprint density at radius 2 is 1.67 bits per heavy atom. The fourth-order valence-corrected chi connectivity index (χ4v) is 2.28. The van der Waals surface area contributed by atoms with E-state index in [1.165, 1.54) is 12.1 Å². The van der Waals surface area contributed by atoms with E-state index in [1.807, 2.05) is 13.8 Å². The molecule has 0 aliphatic rings. The number of hydrogen-bond donors (Lipinski definition) is 0. The van der Waals surface area contributed by atoms with E-state index < -0.39 is 5.82 Å². The Kier molecular flexibility index (Phi) is 3.47. The smallest absolute Gasteiger partial charge is 0.225 e. The zero-order chi connectivity index (χ0) is 15.1. The second kappa shape index (κ2) is 5.16. The highest BCUT2D eigenvalue weighted by molar-refractivity contribution is 6.30. The molecule has 0 fully saturated rings. The maximum absolute atomic E-state index is 14.1. The first-order chi connectivity index (χ1) is 9.95. The summed E-state index contributed by atoms with van der Waals surface area (Å²) in [5.41, 5.74) is 2.76. The van der Waals surface area contributed by atoms with Crippen LogP contribution >= 0.6 is 23.2 Å². The van der Waals surface area contributed by atoms with Crippen LogP contribution in [-0.2, 0) is 0 Å². The molecule has 0 radical (unpaired) electrons. The van der Waals surface area contributed by atoms with Crippen LogP contribution in [0.25, 0.3) is 22.4 Å². The van der Waals surface area contributed by atoms with Gasteiger partial charge in [-0.05, 0) is 43.6 Å². The number of benzene rings is 1. The van der Waals surface area contributed by atoms with Crippen molar-refractivity contribution in [2.45, 2.75) is 13.8 Å². The summed E-state index contributed by atoms with van der Waals surface area (Å²) in [5.74, 6) is -0.501. The minimum atomic E-state index is -0.501. The van der Waals surface area contributed by atoms with Crippen molar-refractivity contribution in [2.24, 2.45) is 0 Å². The fraction of sp³-hybridized carbons (Fsp3) is 0.143. The SMILES string of the molecule is Cc1nc2nc(Cl)nc(-c3ccc(Cl)cc3F)c2nc1C. The zero-order valence-corrected chi connectivity index (χ0v) is 12.7. The van der Waals surface area contributed by atoms with Gasteiger partial charge in [-0.2, -0.15) is 4.98 Å². The Labute approximate surface area is 130 Å². The van der Waals surface area contributed by atoms with E-state index in [9.17, 15) is 4.39 Å². The zero-order valence-electron chi connectivity index (χ0n) is 11.2. The second-order valence-electron chi connectivity index (χ2n) is 4.53. The molecule has 0 N–H and O–H groups in total. The van der Waals surface area contributed by atoms with Crippen LogP contribution in [0.3, 0.4) is 0 Å². The standard InChI is InChI=1S/C14H9Cl2FN4/c1-6-7(2)19-13-12(18-6)11(20-14(16)21-13)9-4-3-8(15)5-10(9)17/h3-5H,1-2H3. The third-order valence-electron chi connectivity index (χ3n) is 3.10. The van der Waals surface area contributed by atoms with E-state index in [-0.39, 0.29) is 10.8 Å². The summed E-state index contributed by atoms with van der Waals surface area (Å²) in [6, 6.07) is 4.33. The molecule has 0 saturated carbocycles. The third-order valence-corrected chi connectivity index (χ3v) is 3.51. The number of rotatable bonds is 1. The van der Waals surface area contributed by atoms with Crippen molar-refractivity contribution >= 4 is 34.4 Å². The summed E-state index contributed by atoms with van der Waals surface area (Å²) < 4.78 is 14.1. The van der Waals surface area contributed by atoms with Crippen LogP contribution in [0.5, 0.6) is 0 Å². The van der Waals surface area contributed by atoms with Crippen molar-refractivity contribution in [1.82, 2.24) is 19.9 Å². The van der Waals surface area contributed by atoms with Crippen LogP contribution in [0.4, 0.5) is 4.39 Å². The van der Waals surface area contributed by atoms with Crippen molar-refractivity contribution < 1.29 is 4.39 Å². The lowest BCUT2D eigenvalue weighted by Crippen LogP contribution is -2.01. The van der Waals surface area contributed by atoms with Crippen LogP contribution in [0.15, 0.2) is 18.2 Å². The minimum absolute atomic E-state index is 0.00981. The lowest BCUT2D eigenvalue weighted by Gasteiger charge is -2.08. The molecule has 0 aliphatic heterocycles. The van der Waals surface area contributed by atoms with Gasteiger partial charge in [0, 0.05) is 10.6 Å². The molecule has 0 bridgehead atoms. The van der Waals surface area contributed by atoms with Crippen molar-refractivity contribution in [3.05, 3.63) is 45.7 Å². The summed E-state index contributed by atoms with van der Waals surface area (Å²) in [6.45, 7) is 3.64. The number of aryl methyl sites for hydroxylation is 2. The molecule has 3 aromatic rings. The average Bonchev–Trinajstić information content (AvgIpc) is 2.40. The van der Waals surface area contributed by atoms with Crippen molar-refractivity contribution in [2.75, 3.05) is 0 Å². The Morgan fingerprint density at radius 1 is 0.952 bits per heavy atom. The van der Waals surface area contributed by atoms with E-state index in [1.54, 1.807) is 6.07 Å². The fourth-order valence-electron chi connectivity index (χ4n) is 1.96. The van der Waals surface area contributed by atoms with Gasteiger partial charge in [0.2, 0.25) is 5.28 Å². The minimum Gasteiger partial charge on any atom is -0.246 e. The first-order valence-electron chi connectivity index (χ1n) is 6.09. The molecular weight excluding hydrogens is 314 g/mol. The molecule has 2 aromatic heterocycles. The molecule has 0 spiro atoms. The number of fused-ring (bicyclic) bond motifs is 1. The Balaban J connectivity index is 2.38. The topological polar surface area (TPSA) is 51.6 Å². The largest absolute Gasteiger partial charge is 0.246 e. The Morgan fingerprint density at radius 3 is 2.38 bits per heavy atom. The Bertz CT molecular complexity index is 867. The molecule has 7 heteroatoms. The van der Waals surface area contributed by atoms with Crippen LogP contribution < -0.4 is 0 Å². The number of aromatic nitrogens is 4. The molecule has 0 atom stereocenters. The molecular formula is C14H9Cl2FN4. The highest BCUT2D eigenvalue weighted by Crippen LogP contribution is 2.29. The van der Waals surface area contributed by atoms with Crippen LogP contribution in [0.2, 0.25) is 10.3 Å². The summed E-state index contributed by atoms with van der Waals surface area (Å²) in [4.78, 5) is 16.9. The number of halogens is 3. The second-order valence-corrected chi connectivity index (χ2v) is 5.31. The highest BCUT2D eigenvalue weighted by Gasteiger charge is 2.16. The van der Waals surface area contributed by atoms with Crippen LogP contribution in [-0.4, -0.2) is 19.9 Å². The molecule has 0 saturated heterocycles. The lowest BCUT2D eigenvalue weighted by atomic mass is 10.1. The van der Waals surface area contributed by atoms with E-state index in [0.29, 0.717) is 21.9 Å². The monoisotopic (exact) mass is 322 g/mol. The molecule has 0 amide bonds. The first-order valence-corrected chi connectivity index (χ1v) is 6.85. The molecule has 2 heterocycles. The first kappa shape index (κ1) is 14.1. The van der Waals surface area contributed by atoms with E-state index in [2.05, 4.69) is 19.9 Å². The van der Waals surface area contributed by atoms with Crippen molar-refractivity contribution in [3.8, 4) is 11.3 Å². The summed E-state index contributed by atoms with van der Waals surface area (Å²) in [5, 5.41) is 0.295. The summed E-state index contributed by atoms with van der Waals surface area (Å²) in [6.07, 6.45) is 0. The summed E-state index contributed by atoms with van der Waals surface area (Å²) >= 11 is 11.7. The van der Waals surface area contributed by atoms with Gasteiger partial charge in [0.1, 0.15) is 17.0 Å². The molecule has 0 unspecified atom stereocenters. The van der Waals surface area contributed by atoms with Gasteiger partial charge in [0.15, 0.2) is 5.65 Å². The predicted molar refractivity (Wildman–Crippen MR) is 80.0 cm³/mol. The van der Waals surface area contributed by atoms with Gasteiger partial charge in [-0.3, -0.25) is 0 Å². The van der Waals surface area contributed by atoms with Crippen molar-refractivity contribution in [3.63, 3.8) is 0 Å². The van der Waals surface area contributed by atoms with E-state index in [0.717, 1.165) is 11.4 Å². The number of hydrogen-bond acceptors (Lipinski definition) is 4. The van der Waals surface area contributed by atoms with Crippen molar-refractivity contribution in [1.29, 1.82) is 0 Å². The third kappa shape index (κ3) is 2.54. The van der Waals surface area contributed by atoms with Crippen LogP contribution in [0.1, 0.15) is 11.4 Å². The van der Waals surface area contributed by atoms with E-state index in [4.69, 9.17) is 23.2 Å². The van der Waals surface area contributed by atoms with Gasteiger partial charge < -0.3 is 0 Å². The maximum atomic E-state index is 14.1. The Hall–Kier alpha value is -1.85. The summed E-state index contributed by atoms with van der Waals surface area (Å²) in [7, 11) is 0. The van der Waals surface area contributed by atoms with Gasteiger partial charge in [0.25, 0.3) is 0 Å². The van der Waals surface area contributed by atoms with Gasteiger partial charge in [-0.15, -0.1) is 0 Å². The van der Waals surface area contributed by atoms with Gasteiger partial charge in [-0.25, -0.2) is 19.3 Å². The molecule has 106 valence electrons. The molecule has 0 aliphatic carbocycles. The molecule has 21 heavy (non-hydrogen) atoms. The molecule has 4 nitrogen and oxygen atoms in total. The lowest BCUT2D eigenvalue weighted by molar-refractivity contribution is 0.631. The van der Waals surface area contributed by atoms with Gasteiger partial charge in [-0.1, -0.05) is 11.6 Å². The number of nitrogens with zero attached hydrogens (tertiary/aromatic N) is 4. The normalized spacial score (nSPS) is 11.1. The highest BCUT2D eigenvalue weighted by atomic mass is 35.5.